The van der Waals surface area contributed by atoms with E-state index in [2.05, 4.69) is 10.0 Å². The molecule has 0 fully saturated rings. The highest BCUT2D eigenvalue weighted by Crippen LogP contribution is 2.27. The Morgan fingerprint density at radius 3 is 2.45 bits per heavy atom. The van der Waals surface area contributed by atoms with Gasteiger partial charge in [-0.15, -0.1) is 0 Å². The van der Waals surface area contributed by atoms with E-state index >= 15 is 0 Å². The highest BCUT2D eigenvalue weighted by molar-refractivity contribution is 7.89. The zero-order valence-corrected chi connectivity index (χ0v) is 16.9. The Balaban J connectivity index is 2.01. The van der Waals surface area contributed by atoms with Crippen molar-refractivity contribution in [3.05, 3.63) is 58.4 Å². The maximum absolute atomic E-state index is 12.9. The first-order valence-corrected chi connectivity index (χ1v) is 10.2. The Labute approximate surface area is 168 Å². The van der Waals surface area contributed by atoms with Crippen molar-refractivity contribution in [1.29, 1.82) is 0 Å². The van der Waals surface area contributed by atoms with E-state index in [1.807, 2.05) is 4.90 Å². The van der Waals surface area contributed by atoms with Gasteiger partial charge in [-0.1, -0.05) is 0 Å². The third-order valence-electron chi connectivity index (χ3n) is 3.83. The van der Waals surface area contributed by atoms with Crippen LogP contribution in [0.15, 0.2) is 47.4 Å². The lowest BCUT2D eigenvalue weighted by atomic mass is 10.2. The van der Waals surface area contributed by atoms with Gasteiger partial charge in [0.25, 0.3) is 5.69 Å². The Hall–Kier alpha value is -2.76. The Morgan fingerprint density at radius 2 is 1.83 bits per heavy atom. The van der Waals surface area contributed by atoms with Crippen LogP contribution in [0, 0.1) is 15.9 Å². The van der Waals surface area contributed by atoms with Crippen LogP contribution in [0.25, 0.3) is 0 Å². The fourth-order valence-corrected chi connectivity index (χ4v) is 3.39. The van der Waals surface area contributed by atoms with E-state index < -0.39 is 14.9 Å². The van der Waals surface area contributed by atoms with Gasteiger partial charge in [-0.3, -0.25) is 10.1 Å². The molecule has 2 aromatic rings. The second kappa shape index (κ2) is 10.1. The SMILES string of the molecule is CN(C)CCNS(=O)(=O)c1ccc(NCCOc2ccc(F)cc2)c([N+](=O)[O-])c1. The van der Waals surface area contributed by atoms with Gasteiger partial charge in [-0.25, -0.2) is 17.5 Å². The summed E-state index contributed by atoms with van der Waals surface area (Å²) in [5.74, 6) is 0.0882. The topological polar surface area (TPSA) is 114 Å². The summed E-state index contributed by atoms with van der Waals surface area (Å²) in [5, 5.41) is 14.2. The number of nitro benzene ring substituents is 1. The molecule has 0 saturated carbocycles. The molecule has 29 heavy (non-hydrogen) atoms. The number of sulfonamides is 1. The standard InChI is InChI=1S/C18H23FN4O5S/c1-22(2)11-9-21-29(26,27)16-7-8-17(18(13-16)23(24)25)20-10-12-28-15-5-3-14(19)4-6-15/h3-8,13,20-21H,9-12H2,1-2H3. The van der Waals surface area contributed by atoms with Crippen LogP contribution < -0.4 is 14.8 Å². The van der Waals surface area contributed by atoms with Crippen molar-refractivity contribution in [2.75, 3.05) is 45.7 Å². The van der Waals surface area contributed by atoms with Gasteiger partial charge in [0.2, 0.25) is 10.0 Å². The van der Waals surface area contributed by atoms with Gasteiger partial charge in [0.15, 0.2) is 0 Å². The first-order valence-electron chi connectivity index (χ1n) is 8.74. The van der Waals surface area contributed by atoms with Crippen molar-refractivity contribution in [3.63, 3.8) is 0 Å². The minimum Gasteiger partial charge on any atom is -0.492 e. The van der Waals surface area contributed by atoms with Crippen molar-refractivity contribution in [2.45, 2.75) is 4.90 Å². The summed E-state index contributed by atoms with van der Waals surface area (Å²) < 4.78 is 45.3. The molecule has 2 N–H and O–H groups in total. The molecule has 0 amide bonds. The number of halogens is 1. The fraction of sp³-hybridized carbons (Fsp3) is 0.333. The van der Waals surface area contributed by atoms with Gasteiger partial charge in [-0.05, 0) is 50.5 Å². The minimum absolute atomic E-state index is 0.171. The largest absolute Gasteiger partial charge is 0.492 e. The second-order valence-electron chi connectivity index (χ2n) is 6.37. The van der Waals surface area contributed by atoms with Gasteiger partial charge >= 0.3 is 0 Å². The molecule has 0 atom stereocenters. The van der Waals surface area contributed by atoms with Crippen LogP contribution in [0.1, 0.15) is 0 Å². The number of nitrogens with one attached hydrogen (secondary N) is 2. The number of anilines is 1. The third kappa shape index (κ3) is 6.97. The van der Waals surface area contributed by atoms with E-state index in [9.17, 15) is 22.9 Å². The van der Waals surface area contributed by atoms with Crippen LogP contribution >= 0.6 is 0 Å². The summed E-state index contributed by atoms with van der Waals surface area (Å²) in [7, 11) is -0.248. The number of nitrogens with zero attached hydrogens (tertiary/aromatic N) is 2. The molecule has 11 heteroatoms. The van der Waals surface area contributed by atoms with Crippen LogP contribution in [-0.2, 0) is 10.0 Å². The molecule has 0 aliphatic carbocycles. The van der Waals surface area contributed by atoms with E-state index in [0.29, 0.717) is 12.3 Å². The first-order chi connectivity index (χ1) is 13.7. The Kier molecular flexibility index (Phi) is 7.88. The highest BCUT2D eigenvalue weighted by Gasteiger charge is 2.21. The molecule has 0 unspecified atom stereocenters. The number of benzene rings is 2. The lowest BCUT2D eigenvalue weighted by molar-refractivity contribution is -0.384. The first kappa shape index (κ1) is 22.5. The summed E-state index contributed by atoms with van der Waals surface area (Å²) in [5.41, 5.74) is -0.188. The predicted octanol–water partition coefficient (Wildman–Crippen LogP) is 2.06. The predicted molar refractivity (Wildman–Crippen MR) is 107 cm³/mol. The minimum atomic E-state index is -3.86. The summed E-state index contributed by atoms with van der Waals surface area (Å²) in [6, 6.07) is 9.13. The van der Waals surface area contributed by atoms with Gasteiger partial charge in [0, 0.05) is 25.7 Å². The number of rotatable bonds is 11. The third-order valence-corrected chi connectivity index (χ3v) is 5.29. The number of ether oxygens (including phenoxy) is 1. The number of likely N-dealkylation sites (N-methyl/N-ethyl adjacent to an activating group) is 1. The number of hydrogen-bond donors (Lipinski definition) is 2. The van der Waals surface area contributed by atoms with Crippen molar-refractivity contribution in [3.8, 4) is 5.75 Å². The van der Waals surface area contributed by atoms with Crippen LogP contribution in [0.4, 0.5) is 15.8 Å². The van der Waals surface area contributed by atoms with Crippen LogP contribution in [0.2, 0.25) is 0 Å². The van der Waals surface area contributed by atoms with E-state index in [4.69, 9.17) is 4.74 Å². The zero-order chi connectivity index (χ0) is 21.4. The number of hydrogen-bond acceptors (Lipinski definition) is 7. The van der Waals surface area contributed by atoms with Gasteiger partial charge in [0.1, 0.15) is 23.9 Å². The lowest BCUT2D eigenvalue weighted by Gasteiger charge is -2.12. The maximum atomic E-state index is 12.9. The molecular formula is C18H23FN4O5S. The summed E-state index contributed by atoms with van der Waals surface area (Å²) in [6.45, 7) is 1.08. The van der Waals surface area contributed by atoms with Crippen molar-refractivity contribution in [1.82, 2.24) is 9.62 Å². The summed E-state index contributed by atoms with van der Waals surface area (Å²) in [6.07, 6.45) is 0. The van der Waals surface area contributed by atoms with Gasteiger partial charge in [-0.2, -0.15) is 0 Å². The molecule has 0 saturated heterocycles. The molecule has 0 radical (unpaired) electrons. The zero-order valence-electron chi connectivity index (χ0n) is 16.1. The van der Waals surface area contributed by atoms with E-state index in [0.717, 1.165) is 6.07 Å². The smallest absolute Gasteiger partial charge is 0.293 e. The average Bonchev–Trinajstić information content (AvgIpc) is 2.66. The molecule has 0 heterocycles. The van der Waals surface area contributed by atoms with Gasteiger partial charge < -0.3 is 15.0 Å². The van der Waals surface area contributed by atoms with E-state index in [1.54, 1.807) is 14.1 Å². The molecule has 2 aromatic carbocycles. The normalized spacial score (nSPS) is 11.4. The van der Waals surface area contributed by atoms with E-state index in [1.165, 1.54) is 36.4 Å². The number of nitro groups is 1. The van der Waals surface area contributed by atoms with Crippen molar-refractivity contribution >= 4 is 21.4 Å². The van der Waals surface area contributed by atoms with Crippen LogP contribution in [0.5, 0.6) is 5.75 Å². The molecule has 9 nitrogen and oxygen atoms in total. The molecule has 0 aliphatic heterocycles. The average molecular weight is 426 g/mol. The summed E-state index contributed by atoms with van der Waals surface area (Å²) in [4.78, 5) is 12.3. The highest BCUT2D eigenvalue weighted by atomic mass is 32.2. The quantitative estimate of drug-likeness (QED) is 0.321. The Bertz CT molecular complexity index is 936. The molecule has 0 aromatic heterocycles. The maximum Gasteiger partial charge on any atom is 0.293 e. The molecule has 0 aliphatic rings. The Morgan fingerprint density at radius 1 is 1.14 bits per heavy atom. The van der Waals surface area contributed by atoms with E-state index in [-0.39, 0.29) is 41.8 Å². The molecular weight excluding hydrogens is 403 g/mol. The van der Waals surface area contributed by atoms with Gasteiger partial charge in [0.05, 0.1) is 9.82 Å². The summed E-state index contributed by atoms with van der Waals surface area (Å²) >= 11 is 0. The fourth-order valence-electron chi connectivity index (χ4n) is 2.35. The molecule has 0 spiro atoms. The lowest BCUT2D eigenvalue weighted by Crippen LogP contribution is -2.31. The molecule has 2 rings (SSSR count). The monoisotopic (exact) mass is 426 g/mol. The molecule has 158 valence electrons. The van der Waals surface area contributed by atoms with Crippen LogP contribution in [0.3, 0.4) is 0 Å². The second-order valence-corrected chi connectivity index (χ2v) is 8.13. The molecule has 0 bridgehead atoms. The van der Waals surface area contributed by atoms with Crippen molar-refractivity contribution < 1.29 is 22.5 Å². The van der Waals surface area contributed by atoms with Crippen molar-refractivity contribution in [2.24, 2.45) is 0 Å². The van der Waals surface area contributed by atoms with Crippen LogP contribution in [-0.4, -0.2) is 58.6 Å².